The normalized spacial score (nSPS) is 12.6. The molecule has 2 aromatic carbocycles. The van der Waals surface area contributed by atoms with Crippen molar-refractivity contribution in [3.8, 4) is 0 Å². The van der Waals surface area contributed by atoms with Gasteiger partial charge in [0.2, 0.25) is 0 Å². The van der Waals surface area contributed by atoms with Crippen molar-refractivity contribution in [3.05, 3.63) is 57.9 Å². The smallest absolute Gasteiger partial charge is 0.279 e. The highest BCUT2D eigenvalue weighted by Gasteiger charge is 2.12. The van der Waals surface area contributed by atoms with Gasteiger partial charge in [0.05, 0.1) is 21.7 Å². The second-order valence-electron chi connectivity index (χ2n) is 6.85. The van der Waals surface area contributed by atoms with Gasteiger partial charge in [-0.2, -0.15) is 4.99 Å². The molecule has 0 spiro atoms. The molecule has 0 atom stereocenters. The van der Waals surface area contributed by atoms with E-state index in [1.54, 1.807) is 0 Å². The van der Waals surface area contributed by atoms with Crippen molar-refractivity contribution < 1.29 is 17.9 Å². The summed E-state index contributed by atoms with van der Waals surface area (Å²) in [5, 5.41) is 0. The van der Waals surface area contributed by atoms with Crippen LogP contribution in [0.4, 0.5) is 0 Å². The van der Waals surface area contributed by atoms with E-state index in [4.69, 9.17) is 4.74 Å². The number of thiazole rings is 1. The first kappa shape index (κ1) is 21.4. The molecule has 0 aliphatic carbocycles. The Labute approximate surface area is 174 Å². The minimum atomic E-state index is -3.31. The maximum Gasteiger partial charge on any atom is 0.279 e. The highest BCUT2D eigenvalue weighted by atomic mass is 32.2. The van der Waals surface area contributed by atoms with Gasteiger partial charge >= 0.3 is 0 Å². The summed E-state index contributed by atoms with van der Waals surface area (Å²) in [6.45, 7) is 7.81. The summed E-state index contributed by atoms with van der Waals surface area (Å²) in [6, 6.07) is 10.1. The van der Waals surface area contributed by atoms with E-state index in [0.29, 0.717) is 30.1 Å². The highest BCUT2D eigenvalue weighted by molar-refractivity contribution is 7.90. The Morgan fingerprint density at radius 2 is 1.79 bits per heavy atom. The summed E-state index contributed by atoms with van der Waals surface area (Å²) in [7, 11) is -3.31. The van der Waals surface area contributed by atoms with E-state index in [1.165, 1.54) is 46.7 Å². The fourth-order valence-corrected chi connectivity index (χ4v) is 4.68. The number of carbonyl (C=O) groups is 1. The van der Waals surface area contributed by atoms with E-state index >= 15 is 0 Å². The van der Waals surface area contributed by atoms with Gasteiger partial charge in [0.25, 0.3) is 5.91 Å². The number of aromatic nitrogens is 1. The van der Waals surface area contributed by atoms with Crippen molar-refractivity contribution in [1.29, 1.82) is 0 Å². The summed E-state index contributed by atoms with van der Waals surface area (Å²) in [4.78, 5) is 17.8. The van der Waals surface area contributed by atoms with Crippen LogP contribution >= 0.6 is 11.3 Å². The Hall–Kier alpha value is -2.29. The molecule has 3 aromatic rings. The van der Waals surface area contributed by atoms with Gasteiger partial charge in [-0.15, -0.1) is 0 Å². The third-order valence-electron chi connectivity index (χ3n) is 4.69. The van der Waals surface area contributed by atoms with Crippen LogP contribution in [0.15, 0.2) is 46.3 Å². The number of rotatable bonds is 6. The SMILES string of the molecule is CCOCCn1c(=NC(=O)c2ccc(S(C)(=O)=O)cc2)sc2cc(C)c(C)cc21. The molecule has 0 saturated carbocycles. The fourth-order valence-electron chi connectivity index (χ4n) is 2.92. The van der Waals surface area contributed by atoms with Gasteiger partial charge in [0.1, 0.15) is 0 Å². The summed E-state index contributed by atoms with van der Waals surface area (Å²) >= 11 is 1.46. The monoisotopic (exact) mass is 432 g/mol. The number of amides is 1. The zero-order chi connectivity index (χ0) is 21.2. The zero-order valence-electron chi connectivity index (χ0n) is 16.9. The van der Waals surface area contributed by atoms with E-state index in [9.17, 15) is 13.2 Å². The van der Waals surface area contributed by atoms with Crippen molar-refractivity contribution in [2.75, 3.05) is 19.5 Å². The Morgan fingerprint density at radius 3 is 2.41 bits per heavy atom. The minimum Gasteiger partial charge on any atom is -0.380 e. The highest BCUT2D eigenvalue weighted by Crippen LogP contribution is 2.22. The average Bonchev–Trinajstić information content (AvgIpc) is 2.98. The van der Waals surface area contributed by atoms with Crippen molar-refractivity contribution >= 4 is 37.3 Å². The molecule has 0 bridgehead atoms. The van der Waals surface area contributed by atoms with Crippen LogP contribution in [0.1, 0.15) is 28.4 Å². The number of hydrogen-bond donors (Lipinski definition) is 0. The molecule has 0 aliphatic rings. The summed E-state index contributed by atoms with van der Waals surface area (Å²) in [6.07, 6.45) is 1.14. The quantitative estimate of drug-likeness (QED) is 0.559. The molecule has 0 N–H and O–H groups in total. The predicted octanol–water partition coefficient (Wildman–Crippen LogP) is 3.50. The van der Waals surface area contributed by atoms with Gasteiger partial charge in [0.15, 0.2) is 14.6 Å². The predicted molar refractivity (Wildman–Crippen MR) is 115 cm³/mol. The van der Waals surface area contributed by atoms with Crippen LogP contribution in [0.5, 0.6) is 0 Å². The van der Waals surface area contributed by atoms with Crippen LogP contribution in [0.3, 0.4) is 0 Å². The number of sulfone groups is 1. The number of ether oxygens (including phenoxy) is 1. The maximum atomic E-state index is 12.7. The minimum absolute atomic E-state index is 0.175. The van der Waals surface area contributed by atoms with Gasteiger partial charge in [0, 0.05) is 25.0 Å². The molecule has 29 heavy (non-hydrogen) atoms. The molecule has 6 nitrogen and oxygen atoms in total. The number of benzene rings is 2. The molecular weight excluding hydrogens is 408 g/mol. The molecule has 0 saturated heterocycles. The van der Waals surface area contributed by atoms with Crippen LogP contribution in [0, 0.1) is 13.8 Å². The van der Waals surface area contributed by atoms with Gasteiger partial charge in [-0.05, 0) is 68.3 Å². The van der Waals surface area contributed by atoms with Gasteiger partial charge in [-0.25, -0.2) is 8.42 Å². The van der Waals surface area contributed by atoms with Crippen LogP contribution in [-0.4, -0.2) is 38.4 Å². The molecular formula is C21H24N2O4S2. The van der Waals surface area contributed by atoms with Crippen LogP contribution in [0.2, 0.25) is 0 Å². The third kappa shape index (κ3) is 4.83. The molecule has 0 unspecified atom stereocenters. The first-order valence-electron chi connectivity index (χ1n) is 9.28. The van der Waals surface area contributed by atoms with Crippen molar-refractivity contribution in [1.82, 2.24) is 4.57 Å². The van der Waals surface area contributed by atoms with Crippen molar-refractivity contribution in [2.45, 2.75) is 32.2 Å². The lowest BCUT2D eigenvalue weighted by Crippen LogP contribution is -2.19. The van der Waals surface area contributed by atoms with E-state index in [2.05, 4.69) is 31.0 Å². The molecule has 8 heteroatoms. The first-order chi connectivity index (χ1) is 13.7. The lowest BCUT2D eigenvalue weighted by Gasteiger charge is -2.07. The number of nitrogens with zero attached hydrogens (tertiary/aromatic N) is 2. The largest absolute Gasteiger partial charge is 0.380 e. The Morgan fingerprint density at radius 1 is 1.14 bits per heavy atom. The maximum absolute atomic E-state index is 12.7. The molecule has 0 fully saturated rings. The molecule has 3 rings (SSSR count). The first-order valence-corrected chi connectivity index (χ1v) is 12.0. The van der Waals surface area contributed by atoms with Crippen molar-refractivity contribution in [3.63, 3.8) is 0 Å². The summed E-state index contributed by atoms with van der Waals surface area (Å²) in [5.41, 5.74) is 3.73. The summed E-state index contributed by atoms with van der Waals surface area (Å²) < 4.78 is 31.8. The van der Waals surface area contributed by atoms with Crippen LogP contribution in [0.25, 0.3) is 10.2 Å². The van der Waals surface area contributed by atoms with Gasteiger partial charge in [-0.1, -0.05) is 11.3 Å². The standard InChI is InChI=1S/C21H24N2O4S2/c1-5-27-11-10-23-18-12-14(2)15(3)13-19(18)28-21(23)22-20(24)16-6-8-17(9-7-16)29(4,25)26/h6-9,12-13H,5,10-11H2,1-4H3. The number of hydrogen-bond acceptors (Lipinski definition) is 5. The molecule has 1 amide bonds. The molecule has 0 aliphatic heterocycles. The molecule has 1 heterocycles. The fraction of sp³-hybridized carbons (Fsp3) is 0.333. The van der Waals surface area contributed by atoms with Crippen molar-refractivity contribution in [2.24, 2.45) is 4.99 Å². The second-order valence-corrected chi connectivity index (χ2v) is 9.88. The topological polar surface area (TPSA) is 77.7 Å². The molecule has 1 aromatic heterocycles. The number of carbonyl (C=O) groups excluding carboxylic acids is 1. The van der Waals surface area contributed by atoms with Crippen LogP contribution in [-0.2, 0) is 21.1 Å². The Balaban J connectivity index is 2.05. The lowest BCUT2D eigenvalue weighted by atomic mass is 10.1. The lowest BCUT2D eigenvalue weighted by molar-refractivity contribution is 0.0996. The molecule has 0 radical (unpaired) electrons. The molecule has 154 valence electrons. The van der Waals surface area contributed by atoms with E-state index in [1.807, 2.05) is 11.5 Å². The average molecular weight is 433 g/mol. The van der Waals surface area contributed by atoms with E-state index in [-0.39, 0.29) is 4.90 Å². The number of aryl methyl sites for hydroxylation is 2. The van der Waals surface area contributed by atoms with E-state index in [0.717, 1.165) is 16.5 Å². The Kier molecular flexibility index (Phi) is 6.36. The second kappa shape index (κ2) is 8.61. The van der Waals surface area contributed by atoms with Gasteiger partial charge in [-0.3, -0.25) is 4.79 Å². The Bertz CT molecular complexity index is 1220. The van der Waals surface area contributed by atoms with Gasteiger partial charge < -0.3 is 9.30 Å². The number of fused-ring (bicyclic) bond motifs is 1. The third-order valence-corrected chi connectivity index (χ3v) is 6.86. The van der Waals surface area contributed by atoms with Crippen LogP contribution < -0.4 is 4.80 Å². The van der Waals surface area contributed by atoms with E-state index < -0.39 is 15.7 Å². The summed E-state index contributed by atoms with van der Waals surface area (Å²) in [5.74, 6) is -0.407. The zero-order valence-corrected chi connectivity index (χ0v) is 18.6.